The van der Waals surface area contributed by atoms with Crippen molar-refractivity contribution in [3.63, 3.8) is 0 Å². The molecule has 7 nitrogen and oxygen atoms in total. The Morgan fingerprint density at radius 3 is 2.86 bits per heavy atom. The highest BCUT2D eigenvalue weighted by Gasteiger charge is 2.25. The lowest BCUT2D eigenvalue weighted by molar-refractivity contribution is -0.124. The topological polar surface area (TPSA) is 88.4 Å². The Balaban J connectivity index is 1.57. The van der Waals surface area contributed by atoms with Crippen molar-refractivity contribution in [3.8, 4) is 0 Å². The van der Waals surface area contributed by atoms with Gasteiger partial charge in [0.25, 0.3) is 5.91 Å². The number of anilines is 1. The van der Waals surface area contributed by atoms with Crippen molar-refractivity contribution >= 4 is 29.4 Å². The first kappa shape index (κ1) is 17.6. The molecule has 29 heavy (non-hydrogen) atoms. The smallest absolute Gasteiger partial charge is 0.254 e. The average molecular weight is 387 g/mol. The lowest BCUT2D eigenvalue weighted by Crippen LogP contribution is -2.19. The molecule has 1 aliphatic carbocycles. The van der Waals surface area contributed by atoms with Gasteiger partial charge < -0.3 is 5.32 Å². The van der Waals surface area contributed by atoms with Gasteiger partial charge in [0.2, 0.25) is 5.91 Å². The Kier molecular flexibility index (Phi) is 4.16. The van der Waals surface area contributed by atoms with Gasteiger partial charge in [0.1, 0.15) is 5.82 Å². The van der Waals surface area contributed by atoms with Crippen molar-refractivity contribution in [3.05, 3.63) is 64.5 Å². The Hall–Kier alpha value is -3.48. The average Bonchev–Trinajstić information content (AvgIpc) is 3.31. The lowest BCUT2D eigenvalue weighted by Gasteiger charge is -2.10. The Bertz CT molecular complexity index is 1170. The number of nitrogens with one attached hydrogen (secondary N) is 2. The summed E-state index contributed by atoms with van der Waals surface area (Å²) in [5, 5.41) is 10.3. The molecule has 2 fully saturated rings. The summed E-state index contributed by atoms with van der Waals surface area (Å²) in [6.07, 6.45) is 6.51. The van der Waals surface area contributed by atoms with E-state index in [-0.39, 0.29) is 18.2 Å². The molecule has 5 rings (SSSR count). The summed E-state index contributed by atoms with van der Waals surface area (Å²) in [7, 11) is 0. The monoisotopic (exact) mass is 387 g/mol. The maximum absolute atomic E-state index is 11.9. The zero-order valence-corrected chi connectivity index (χ0v) is 16.1. The molecule has 2 amide bonds. The molecular formula is C22H21N5O2. The van der Waals surface area contributed by atoms with Crippen LogP contribution in [0.4, 0.5) is 5.82 Å². The number of rotatable bonds is 5. The van der Waals surface area contributed by atoms with Gasteiger partial charge in [-0.25, -0.2) is 4.98 Å². The van der Waals surface area contributed by atoms with Crippen molar-refractivity contribution in [2.24, 2.45) is 0 Å². The van der Waals surface area contributed by atoms with Crippen LogP contribution in [0.15, 0.2) is 42.1 Å². The molecule has 3 aromatic rings. The van der Waals surface area contributed by atoms with Crippen LogP contribution < -0.4 is 10.6 Å². The Morgan fingerprint density at radius 2 is 2.14 bits per heavy atom. The fourth-order valence-electron chi connectivity index (χ4n) is 3.60. The van der Waals surface area contributed by atoms with Gasteiger partial charge in [-0.3, -0.25) is 14.9 Å². The molecule has 0 unspecified atom stereocenters. The van der Waals surface area contributed by atoms with Crippen molar-refractivity contribution in [1.29, 1.82) is 0 Å². The molecule has 0 bridgehead atoms. The molecule has 146 valence electrons. The first-order valence-corrected chi connectivity index (χ1v) is 9.80. The minimum atomic E-state index is -0.346. The third-order valence-corrected chi connectivity index (χ3v) is 5.17. The molecule has 3 heterocycles. The van der Waals surface area contributed by atoms with Gasteiger partial charge in [0.05, 0.1) is 18.3 Å². The van der Waals surface area contributed by atoms with E-state index in [9.17, 15) is 9.59 Å². The van der Waals surface area contributed by atoms with E-state index in [2.05, 4.69) is 46.9 Å². The third kappa shape index (κ3) is 3.63. The molecule has 1 saturated carbocycles. The van der Waals surface area contributed by atoms with Crippen LogP contribution in [0.5, 0.6) is 0 Å². The van der Waals surface area contributed by atoms with Crippen LogP contribution in [0.25, 0.3) is 11.7 Å². The second-order valence-electron chi connectivity index (χ2n) is 7.78. The summed E-state index contributed by atoms with van der Waals surface area (Å²) in [6.45, 7) is 2.08. The van der Waals surface area contributed by atoms with Crippen LogP contribution in [-0.4, -0.2) is 32.5 Å². The third-order valence-electron chi connectivity index (χ3n) is 5.17. The SMILES string of the molecule is Cc1cccc(Cc2cc(NC3CC3)n3ncc(/C=C4\CC(=O)NC4=O)c3n2)c1. The predicted molar refractivity (Wildman–Crippen MR) is 109 cm³/mol. The molecule has 0 spiro atoms. The number of imide groups is 1. The van der Waals surface area contributed by atoms with E-state index in [4.69, 9.17) is 4.98 Å². The standard InChI is InChI=1S/C22H21N5O2/c1-13-3-2-4-14(7-13)8-18-11-19(24-17-5-6-17)27-21(25-18)16(12-23-27)9-15-10-20(28)26-22(15)29/h2-4,7,9,11-12,17,24H,5-6,8,10H2,1H3,(H,26,28,29)/b15-9+. The highest BCUT2D eigenvalue weighted by atomic mass is 16.2. The van der Waals surface area contributed by atoms with Crippen LogP contribution in [0.2, 0.25) is 0 Å². The summed E-state index contributed by atoms with van der Waals surface area (Å²) in [5.41, 5.74) is 5.18. The van der Waals surface area contributed by atoms with Gasteiger partial charge in [-0.05, 0) is 31.4 Å². The molecule has 2 aliphatic rings. The van der Waals surface area contributed by atoms with E-state index in [1.165, 1.54) is 11.1 Å². The maximum atomic E-state index is 11.9. The molecule has 7 heteroatoms. The second kappa shape index (κ2) is 6.84. The first-order chi connectivity index (χ1) is 14.0. The number of aromatic nitrogens is 3. The number of amides is 2. The van der Waals surface area contributed by atoms with E-state index >= 15 is 0 Å². The number of fused-ring (bicyclic) bond motifs is 1. The molecule has 1 aliphatic heterocycles. The van der Waals surface area contributed by atoms with Crippen LogP contribution in [0, 0.1) is 6.92 Å². The second-order valence-corrected chi connectivity index (χ2v) is 7.78. The number of nitrogens with zero attached hydrogens (tertiary/aromatic N) is 3. The van der Waals surface area contributed by atoms with Crippen LogP contribution in [0.1, 0.15) is 41.6 Å². The quantitative estimate of drug-likeness (QED) is 0.519. The number of hydrogen-bond acceptors (Lipinski definition) is 5. The van der Waals surface area contributed by atoms with Gasteiger partial charge in [-0.2, -0.15) is 9.61 Å². The minimum absolute atomic E-state index is 0.0896. The van der Waals surface area contributed by atoms with Crippen molar-refractivity contribution in [1.82, 2.24) is 19.9 Å². The number of carbonyl (C=O) groups excluding carboxylic acids is 2. The molecule has 1 saturated heterocycles. The van der Waals surface area contributed by atoms with Crippen LogP contribution in [0.3, 0.4) is 0 Å². The molecule has 2 N–H and O–H groups in total. The number of aryl methyl sites for hydroxylation is 1. The number of carbonyl (C=O) groups is 2. The first-order valence-electron chi connectivity index (χ1n) is 9.80. The normalized spacial score (nSPS) is 17.9. The summed E-state index contributed by atoms with van der Waals surface area (Å²) in [4.78, 5) is 28.3. The molecule has 2 aromatic heterocycles. The zero-order valence-electron chi connectivity index (χ0n) is 16.1. The number of hydrogen-bond donors (Lipinski definition) is 2. The predicted octanol–water partition coefficient (Wildman–Crippen LogP) is 2.63. The molecule has 0 radical (unpaired) electrons. The van der Waals surface area contributed by atoms with Crippen molar-refractivity contribution in [2.75, 3.05) is 5.32 Å². The molecular weight excluding hydrogens is 366 g/mol. The van der Waals surface area contributed by atoms with E-state index in [0.717, 1.165) is 29.9 Å². The van der Waals surface area contributed by atoms with E-state index in [1.54, 1.807) is 16.8 Å². The van der Waals surface area contributed by atoms with Gasteiger partial charge in [-0.1, -0.05) is 29.8 Å². The fraction of sp³-hybridized carbons (Fsp3) is 0.273. The summed E-state index contributed by atoms with van der Waals surface area (Å²) >= 11 is 0. The Labute approximate surface area is 167 Å². The minimum Gasteiger partial charge on any atom is -0.367 e. The highest BCUT2D eigenvalue weighted by Crippen LogP contribution is 2.27. The molecule has 0 atom stereocenters. The summed E-state index contributed by atoms with van der Waals surface area (Å²) < 4.78 is 1.78. The lowest BCUT2D eigenvalue weighted by atomic mass is 10.1. The van der Waals surface area contributed by atoms with Crippen molar-refractivity contribution in [2.45, 2.75) is 38.6 Å². The van der Waals surface area contributed by atoms with Gasteiger partial charge in [0, 0.05) is 29.7 Å². The van der Waals surface area contributed by atoms with Gasteiger partial charge >= 0.3 is 0 Å². The van der Waals surface area contributed by atoms with Gasteiger partial charge in [-0.15, -0.1) is 0 Å². The number of benzene rings is 1. The summed E-state index contributed by atoms with van der Waals surface area (Å²) in [5.74, 6) is 0.278. The Morgan fingerprint density at radius 1 is 1.28 bits per heavy atom. The van der Waals surface area contributed by atoms with Crippen LogP contribution in [-0.2, 0) is 16.0 Å². The summed E-state index contributed by atoms with van der Waals surface area (Å²) in [6, 6.07) is 10.9. The fourth-order valence-corrected chi connectivity index (χ4v) is 3.60. The van der Waals surface area contributed by atoms with E-state index in [0.29, 0.717) is 23.7 Å². The zero-order chi connectivity index (χ0) is 20.0. The highest BCUT2D eigenvalue weighted by molar-refractivity contribution is 6.15. The molecule has 1 aromatic carbocycles. The van der Waals surface area contributed by atoms with E-state index in [1.807, 2.05) is 6.07 Å². The van der Waals surface area contributed by atoms with E-state index < -0.39 is 0 Å². The van der Waals surface area contributed by atoms with Crippen molar-refractivity contribution < 1.29 is 9.59 Å². The van der Waals surface area contributed by atoms with Crippen LogP contribution >= 0.6 is 0 Å². The largest absolute Gasteiger partial charge is 0.367 e. The maximum Gasteiger partial charge on any atom is 0.254 e. The van der Waals surface area contributed by atoms with Gasteiger partial charge in [0.15, 0.2) is 5.65 Å².